The molecule has 1 heterocycles. The summed E-state index contributed by atoms with van der Waals surface area (Å²) < 4.78 is 0.0133. The zero-order valence-electron chi connectivity index (χ0n) is 10.4. The van der Waals surface area contributed by atoms with Crippen molar-refractivity contribution in [3.05, 3.63) is 0 Å². The highest BCUT2D eigenvalue weighted by Crippen LogP contribution is 2.48. The number of amides is 1. The van der Waals surface area contributed by atoms with E-state index in [1.807, 2.05) is 13.8 Å². The Balaban J connectivity index is 2.78. The third-order valence-corrected chi connectivity index (χ3v) is 4.26. The maximum Gasteiger partial charge on any atom is 0.323 e. The van der Waals surface area contributed by atoms with Gasteiger partial charge in [-0.05, 0) is 13.8 Å². The van der Waals surface area contributed by atoms with E-state index in [4.69, 9.17) is 5.11 Å². The van der Waals surface area contributed by atoms with Crippen molar-refractivity contribution in [2.75, 3.05) is 6.54 Å². The van der Waals surface area contributed by atoms with Gasteiger partial charge in [0.15, 0.2) is 0 Å². The Kier molecular flexibility index (Phi) is 3.29. The molecule has 16 heavy (non-hydrogen) atoms. The summed E-state index contributed by atoms with van der Waals surface area (Å²) in [5, 5.41) is 8.70. The van der Waals surface area contributed by atoms with E-state index in [0.29, 0.717) is 0 Å². The second-order valence-corrected chi connectivity index (χ2v) is 7.54. The highest BCUT2D eigenvalue weighted by atomic mass is 32.2. The zero-order chi connectivity index (χ0) is 12.7. The Morgan fingerprint density at radius 2 is 2.00 bits per heavy atom. The quantitative estimate of drug-likeness (QED) is 0.770. The Bertz CT molecular complexity index is 320. The number of nitrogens with zero attached hydrogens (tertiary/aromatic N) is 1. The predicted octanol–water partition coefficient (Wildman–Crippen LogP) is 1.80. The molecule has 0 aliphatic carbocycles. The number of carboxylic acid groups (broad SMARTS) is 1. The third kappa shape index (κ3) is 2.51. The van der Waals surface area contributed by atoms with Gasteiger partial charge in [0, 0.05) is 4.75 Å². The molecule has 1 amide bonds. The van der Waals surface area contributed by atoms with Crippen LogP contribution >= 0.6 is 11.8 Å². The molecule has 4 nitrogen and oxygen atoms in total. The van der Waals surface area contributed by atoms with E-state index in [0.717, 1.165) is 0 Å². The van der Waals surface area contributed by atoms with Crippen LogP contribution in [0.15, 0.2) is 0 Å². The Labute approximate surface area is 100 Å². The largest absolute Gasteiger partial charge is 0.480 e. The number of aliphatic carboxylic acids is 1. The summed E-state index contributed by atoms with van der Waals surface area (Å²) in [6, 6.07) is 0. The molecular weight excluding hydrogens is 226 g/mol. The molecule has 0 aromatic heterocycles. The van der Waals surface area contributed by atoms with Crippen molar-refractivity contribution in [3.63, 3.8) is 0 Å². The highest BCUT2D eigenvalue weighted by molar-refractivity contribution is 8.01. The molecule has 0 bridgehead atoms. The lowest BCUT2D eigenvalue weighted by Crippen LogP contribution is -2.66. The molecule has 0 radical (unpaired) electrons. The number of hydrogen-bond acceptors (Lipinski definition) is 3. The molecule has 1 atom stereocenters. The van der Waals surface area contributed by atoms with Crippen molar-refractivity contribution < 1.29 is 14.7 Å². The van der Waals surface area contributed by atoms with Crippen molar-refractivity contribution in [2.45, 2.75) is 44.7 Å². The first kappa shape index (κ1) is 13.4. The first-order valence-corrected chi connectivity index (χ1v) is 6.14. The van der Waals surface area contributed by atoms with E-state index >= 15 is 0 Å². The minimum absolute atomic E-state index is 0.0133. The van der Waals surface area contributed by atoms with Crippen LogP contribution in [0.2, 0.25) is 0 Å². The summed E-state index contributed by atoms with van der Waals surface area (Å²) in [6.45, 7) is 9.74. The van der Waals surface area contributed by atoms with Gasteiger partial charge in [-0.2, -0.15) is 0 Å². The van der Waals surface area contributed by atoms with E-state index < -0.39 is 11.4 Å². The molecule has 1 aliphatic rings. The van der Waals surface area contributed by atoms with Crippen LogP contribution in [0.3, 0.4) is 0 Å². The Hall–Kier alpha value is -0.710. The van der Waals surface area contributed by atoms with Gasteiger partial charge in [0.2, 0.25) is 5.91 Å². The average Bonchev–Trinajstić information content (AvgIpc) is 2.08. The molecule has 1 N–H and O–H groups in total. The average molecular weight is 245 g/mol. The lowest BCUT2D eigenvalue weighted by atomic mass is 9.82. The van der Waals surface area contributed by atoms with Gasteiger partial charge in [0.1, 0.15) is 6.54 Å². The predicted molar refractivity (Wildman–Crippen MR) is 64.3 cm³/mol. The molecule has 1 fully saturated rings. The molecule has 0 aromatic rings. The van der Waals surface area contributed by atoms with Crippen LogP contribution in [0.5, 0.6) is 0 Å². The van der Waals surface area contributed by atoms with Crippen LogP contribution in [0.4, 0.5) is 0 Å². The van der Waals surface area contributed by atoms with E-state index in [9.17, 15) is 9.59 Å². The van der Waals surface area contributed by atoms with Crippen molar-refractivity contribution in [1.29, 1.82) is 0 Å². The molecule has 0 saturated carbocycles. The monoisotopic (exact) mass is 245 g/mol. The summed E-state index contributed by atoms with van der Waals surface area (Å²) in [7, 11) is 0. The van der Waals surface area contributed by atoms with Crippen LogP contribution in [-0.2, 0) is 9.59 Å². The standard InChI is InChI=1S/C11H19NO3S/c1-10(2,3)16-9-11(4,5)8(15)12(9)6-7(13)14/h9H,6H2,1-5H3,(H,13,14). The van der Waals surface area contributed by atoms with Gasteiger partial charge in [0.25, 0.3) is 0 Å². The summed E-state index contributed by atoms with van der Waals surface area (Å²) in [6.07, 6.45) is 0. The van der Waals surface area contributed by atoms with Crippen LogP contribution in [0.25, 0.3) is 0 Å². The molecular formula is C11H19NO3S. The molecule has 1 saturated heterocycles. The van der Waals surface area contributed by atoms with Crippen molar-refractivity contribution in [2.24, 2.45) is 5.41 Å². The maximum absolute atomic E-state index is 11.8. The number of hydrogen-bond donors (Lipinski definition) is 1. The lowest BCUT2D eigenvalue weighted by molar-refractivity contribution is -0.165. The molecule has 92 valence electrons. The topological polar surface area (TPSA) is 57.6 Å². The van der Waals surface area contributed by atoms with Crippen molar-refractivity contribution >= 4 is 23.6 Å². The second-order valence-electron chi connectivity index (χ2n) is 5.63. The van der Waals surface area contributed by atoms with Gasteiger partial charge < -0.3 is 10.0 Å². The van der Waals surface area contributed by atoms with E-state index in [1.165, 1.54) is 4.90 Å². The summed E-state index contributed by atoms with van der Waals surface area (Å²) in [5.41, 5.74) is -0.451. The second kappa shape index (κ2) is 3.95. The number of thioether (sulfide) groups is 1. The van der Waals surface area contributed by atoms with Crippen LogP contribution in [-0.4, -0.2) is 38.5 Å². The number of carbonyl (C=O) groups excluding carboxylic acids is 1. The number of carbonyl (C=O) groups is 2. The molecule has 0 aromatic carbocycles. The van der Waals surface area contributed by atoms with Gasteiger partial charge in [-0.25, -0.2) is 0 Å². The lowest BCUT2D eigenvalue weighted by Gasteiger charge is -2.53. The van der Waals surface area contributed by atoms with Gasteiger partial charge in [-0.1, -0.05) is 20.8 Å². The Morgan fingerprint density at radius 3 is 2.38 bits per heavy atom. The van der Waals surface area contributed by atoms with E-state index in [2.05, 4.69) is 20.8 Å². The summed E-state index contributed by atoms with van der Waals surface area (Å²) in [5.74, 6) is -1.03. The van der Waals surface area contributed by atoms with Gasteiger partial charge in [0.05, 0.1) is 10.8 Å². The highest BCUT2D eigenvalue weighted by Gasteiger charge is 2.55. The number of likely N-dealkylation sites (tertiary alicyclic amines) is 1. The minimum Gasteiger partial charge on any atom is -0.480 e. The van der Waals surface area contributed by atoms with Crippen molar-refractivity contribution in [1.82, 2.24) is 4.90 Å². The van der Waals surface area contributed by atoms with Gasteiger partial charge in [-0.3, -0.25) is 9.59 Å². The van der Waals surface area contributed by atoms with Crippen LogP contribution in [0, 0.1) is 5.41 Å². The smallest absolute Gasteiger partial charge is 0.323 e. The van der Waals surface area contributed by atoms with Crippen LogP contribution in [0.1, 0.15) is 34.6 Å². The molecule has 1 rings (SSSR count). The number of β-lactam (4-membered cyclic amide) rings is 1. The number of rotatable bonds is 3. The first-order chi connectivity index (χ1) is 7.05. The fraction of sp³-hybridized carbons (Fsp3) is 0.818. The molecule has 0 spiro atoms. The summed E-state index contributed by atoms with van der Waals surface area (Å²) in [4.78, 5) is 23.9. The fourth-order valence-electron chi connectivity index (χ4n) is 1.75. The number of carboxylic acids is 1. The third-order valence-electron chi connectivity index (χ3n) is 2.48. The minimum atomic E-state index is -0.955. The fourth-order valence-corrected chi connectivity index (χ4v) is 3.11. The molecule has 1 aliphatic heterocycles. The summed E-state index contributed by atoms with van der Waals surface area (Å²) >= 11 is 1.65. The maximum atomic E-state index is 11.8. The van der Waals surface area contributed by atoms with E-state index in [-0.39, 0.29) is 22.6 Å². The molecule has 5 heteroatoms. The molecule has 1 unspecified atom stereocenters. The van der Waals surface area contributed by atoms with Gasteiger partial charge in [-0.15, -0.1) is 11.8 Å². The normalized spacial score (nSPS) is 24.2. The Morgan fingerprint density at radius 1 is 1.50 bits per heavy atom. The van der Waals surface area contributed by atoms with Gasteiger partial charge >= 0.3 is 5.97 Å². The zero-order valence-corrected chi connectivity index (χ0v) is 11.2. The first-order valence-electron chi connectivity index (χ1n) is 5.26. The van der Waals surface area contributed by atoms with E-state index in [1.54, 1.807) is 11.8 Å². The SMILES string of the molecule is CC(C)(C)SC1N(CC(=O)O)C(=O)C1(C)C. The van der Waals surface area contributed by atoms with Crippen LogP contribution < -0.4 is 0 Å². The van der Waals surface area contributed by atoms with Crippen molar-refractivity contribution in [3.8, 4) is 0 Å².